The first-order chi connectivity index (χ1) is 17.8. The molecule has 2 amide bonds. The number of hydrogen-bond donors (Lipinski definition) is 0. The number of carbonyl (C=O) groups excluding carboxylic acids is 1. The highest BCUT2D eigenvalue weighted by Gasteiger charge is 2.36. The fraction of sp³-hybridized carbons (Fsp3) is 0.407. The number of amides is 2. The molecule has 0 radical (unpaired) electrons. The minimum atomic E-state index is -4.75. The van der Waals surface area contributed by atoms with Crippen molar-refractivity contribution in [3.63, 3.8) is 0 Å². The van der Waals surface area contributed by atoms with Gasteiger partial charge in [-0.05, 0) is 29.7 Å². The monoisotopic (exact) mass is 515 g/mol. The molecule has 0 bridgehead atoms. The van der Waals surface area contributed by atoms with Crippen molar-refractivity contribution in [3.05, 3.63) is 83.6 Å². The summed E-state index contributed by atoms with van der Waals surface area (Å²) in [6.45, 7) is 2.94. The number of ether oxygens (including phenoxy) is 2. The van der Waals surface area contributed by atoms with Crippen molar-refractivity contribution in [3.8, 4) is 5.75 Å². The first-order valence-electron chi connectivity index (χ1n) is 12.3. The Hall–Kier alpha value is -3.53. The second-order valence-corrected chi connectivity index (χ2v) is 9.37. The van der Waals surface area contributed by atoms with Gasteiger partial charge in [-0.1, -0.05) is 42.5 Å². The standard InChI is InChI=1S/C27H28F3N3O4/c28-27(29,30)37-24-8-6-20(7-9-24)21-15-22(17-33(16-21)26(34)32-10-12-35-13-11-32)25-31-23(18-36-25)14-19-4-2-1-3-5-19/h1-9,18,21-22H,10-17H2. The molecule has 0 N–H and O–H groups in total. The Morgan fingerprint density at radius 3 is 2.38 bits per heavy atom. The zero-order valence-corrected chi connectivity index (χ0v) is 20.2. The number of halogens is 3. The van der Waals surface area contributed by atoms with E-state index in [1.807, 2.05) is 30.3 Å². The Morgan fingerprint density at radius 1 is 0.973 bits per heavy atom. The Kier molecular flexibility index (Phi) is 7.36. The third-order valence-corrected chi connectivity index (χ3v) is 6.73. The predicted molar refractivity (Wildman–Crippen MR) is 128 cm³/mol. The second kappa shape index (κ2) is 10.8. The van der Waals surface area contributed by atoms with Gasteiger partial charge in [0.2, 0.25) is 0 Å². The van der Waals surface area contributed by atoms with Crippen LogP contribution in [0.5, 0.6) is 5.75 Å². The molecule has 2 unspecified atom stereocenters. The maximum atomic E-state index is 13.4. The number of nitrogens with zero attached hydrogens (tertiary/aromatic N) is 3. The Bertz CT molecular complexity index is 1180. The van der Waals surface area contributed by atoms with Crippen LogP contribution in [0.4, 0.5) is 18.0 Å². The minimum Gasteiger partial charge on any atom is -0.448 e. The van der Waals surface area contributed by atoms with Crippen molar-refractivity contribution >= 4 is 6.03 Å². The molecule has 3 aromatic rings. The van der Waals surface area contributed by atoms with E-state index in [4.69, 9.17) is 14.1 Å². The molecule has 5 rings (SSSR count). The molecule has 0 aliphatic carbocycles. The van der Waals surface area contributed by atoms with Crippen LogP contribution in [0.3, 0.4) is 0 Å². The highest BCUT2D eigenvalue weighted by molar-refractivity contribution is 5.75. The molecule has 0 saturated carbocycles. The van der Waals surface area contributed by atoms with Gasteiger partial charge in [-0.25, -0.2) is 9.78 Å². The van der Waals surface area contributed by atoms with E-state index in [2.05, 4.69) is 4.74 Å². The molecule has 3 heterocycles. The van der Waals surface area contributed by atoms with Crippen LogP contribution in [0, 0.1) is 0 Å². The van der Waals surface area contributed by atoms with E-state index < -0.39 is 6.36 Å². The van der Waals surface area contributed by atoms with Crippen LogP contribution in [-0.4, -0.2) is 66.6 Å². The first-order valence-corrected chi connectivity index (χ1v) is 12.3. The Balaban J connectivity index is 1.36. The van der Waals surface area contributed by atoms with E-state index in [-0.39, 0.29) is 23.6 Å². The second-order valence-electron chi connectivity index (χ2n) is 9.37. The topological polar surface area (TPSA) is 68.0 Å². The van der Waals surface area contributed by atoms with Crippen molar-refractivity contribution in [2.75, 3.05) is 39.4 Å². The molecule has 196 valence electrons. The van der Waals surface area contributed by atoms with E-state index >= 15 is 0 Å². The van der Waals surface area contributed by atoms with Gasteiger partial charge < -0.3 is 23.7 Å². The number of benzene rings is 2. The van der Waals surface area contributed by atoms with Crippen LogP contribution in [0.25, 0.3) is 0 Å². The average molecular weight is 516 g/mol. The summed E-state index contributed by atoms with van der Waals surface area (Å²) in [6.07, 6.45) is -1.81. The summed E-state index contributed by atoms with van der Waals surface area (Å²) in [5.74, 6) is 0.0306. The average Bonchev–Trinajstić information content (AvgIpc) is 3.37. The fourth-order valence-electron chi connectivity index (χ4n) is 4.97. The van der Waals surface area contributed by atoms with Gasteiger partial charge in [-0.3, -0.25) is 0 Å². The van der Waals surface area contributed by atoms with Crippen LogP contribution >= 0.6 is 0 Å². The lowest BCUT2D eigenvalue weighted by molar-refractivity contribution is -0.274. The first kappa shape index (κ1) is 25.1. The molecule has 2 aliphatic rings. The molecular formula is C27H28F3N3O4. The molecule has 2 atom stereocenters. The van der Waals surface area contributed by atoms with Crippen molar-refractivity contribution in [1.29, 1.82) is 0 Å². The molecule has 1 aromatic heterocycles. The molecule has 2 saturated heterocycles. The van der Waals surface area contributed by atoms with Gasteiger partial charge in [0.25, 0.3) is 0 Å². The third kappa shape index (κ3) is 6.43. The van der Waals surface area contributed by atoms with Gasteiger partial charge in [0, 0.05) is 38.5 Å². The van der Waals surface area contributed by atoms with Crippen LogP contribution in [0.2, 0.25) is 0 Å². The van der Waals surface area contributed by atoms with Crippen molar-refractivity contribution in [2.45, 2.75) is 31.0 Å². The van der Waals surface area contributed by atoms with E-state index in [0.29, 0.717) is 58.1 Å². The molecule has 7 nitrogen and oxygen atoms in total. The van der Waals surface area contributed by atoms with E-state index in [1.54, 1.807) is 28.2 Å². The van der Waals surface area contributed by atoms with E-state index in [1.165, 1.54) is 12.1 Å². The Morgan fingerprint density at radius 2 is 1.68 bits per heavy atom. The van der Waals surface area contributed by atoms with E-state index in [0.717, 1.165) is 16.8 Å². The lowest BCUT2D eigenvalue weighted by Gasteiger charge is -2.40. The van der Waals surface area contributed by atoms with Gasteiger partial charge >= 0.3 is 12.4 Å². The Labute approximate surface area is 212 Å². The quantitative estimate of drug-likeness (QED) is 0.468. The van der Waals surface area contributed by atoms with Crippen LogP contribution in [0.15, 0.2) is 65.3 Å². The number of rotatable bonds is 5. The summed E-state index contributed by atoms with van der Waals surface area (Å²) in [7, 11) is 0. The number of piperidine rings is 1. The third-order valence-electron chi connectivity index (χ3n) is 6.73. The summed E-state index contributed by atoms with van der Waals surface area (Å²) < 4.78 is 53.1. The highest BCUT2D eigenvalue weighted by Crippen LogP contribution is 2.37. The number of carbonyl (C=O) groups is 1. The smallest absolute Gasteiger partial charge is 0.448 e. The normalized spacial score (nSPS) is 20.6. The fourth-order valence-corrected chi connectivity index (χ4v) is 4.97. The number of aromatic nitrogens is 1. The maximum absolute atomic E-state index is 13.4. The lowest BCUT2D eigenvalue weighted by Crippen LogP contribution is -2.52. The predicted octanol–water partition coefficient (Wildman–Crippen LogP) is 5.19. The molecule has 2 aromatic carbocycles. The van der Waals surface area contributed by atoms with E-state index in [9.17, 15) is 18.0 Å². The molecule has 10 heteroatoms. The molecule has 2 fully saturated rings. The minimum absolute atomic E-state index is 0.0777. The summed E-state index contributed by atoms with van der Waals surface area (Å²) >= 11 is 0. The van der Waals surface area contributed by atoms with Gasteiger partial charge in [0.15, 0.2) is 5.89 Å². The molecular weight excluding hydrogens is 487 g/mol. The maximum Gasteiger partial charge on any atom is 0.573 e. The highest BCUT2D eigenvalue weighted by atomic mass is 19.4. The zero-order valence-electron chi connectivity index (χ0n) is 20.2. The lowest BCUT2D eigenvalue weighted by atomic mass is 9.84. The molecule has 2 aliphatic heterocycles. The summed E-state index contributed by atoms with van der Waals surface area (Å²) in [5.41, 5.74) is 2.76. The van der Waals surface area contributed by atoms with Crippen LogP contribution in [0.1, 0.15) is 41.0 Å². The largest absolute Gasteiger partial charge is 0.573 e. The molecule has 37 heavy (non-hydrogen) atoms. The van der Waals surface area contributed by atoms with Crippen molar-refractivity contribution in [1.82, 2.24) is 14.8 Å². The molecule has 0 spiro atoms. The SMILES string of the molecule is O=C(N1CCOCC1)N1CC(c2ccc(OC(F)(F)F)cc2)CC(c2nc(Cc3ccccc3)co2)C1. The van der Waals surface area contributed by atoms with Crippen molar-refractivity contribution in [2.24, 2.45) is 0 Å². The van der Waals surface area contributed by atoms with Gasteiger partial charge in [-0.15, -0.1) is 13.2 Å². The van der Waals surface area contributed by atoms with Gasteiger partial charge in [0.05, 0.1) is 24.8 Å². The van der Waals surface area contributed by atoms with Crippen LogP contribution in [-0.2, 0) is 11.2 Å². The van der Waals surface area contributed by atoms with Gasteiger partial charge in [-0.2, -0.15) is 0 Å². The summed E-state index contributed by atoms with van der Waals surface area (Å²) in [4.78, 5) is 21.7. The van der Waals surface area contributed by atoms with Gasteiger partial charge in [0.1, 0.15) is 12.0 Å². The number of likely N-dealkylation sites (tertiary alicyclic amines) is 1. The van der Waals surface area contributed by atoms with Crippen LogP contribution < -0.4 is 4.74 Å². The zero-order chi connectivity index (χ0) is 25.8. The summed E-state index contributed by atoms with van der Waals surface area (Å²) in [5, 5.41) is 0. The number of alkyl halides is 3. The number of morpholine rings is 1. The number of oxazole rings is 1. The number of urea groups is 1. The van der Waals surface area contributed by atoms with Crippen molar-refractivity contribution < 1.29 is 31.9 Å². The number of hydrogen-bond acceptors (Lipinski definition) is 5. The summed E-state index contributed by atoms with van der Waals surface area (Å²) in [6, 6.07) is 15.8.